The number of unbranched alkanes of at least 4 members (excludes halogenated alkanes) is 20. The van der Waals surface area contributed by atoms with E-state index < -0.39 is 15.5 Å². The molecule has 248 valence electrons. The minimum absolute atomic E-state index is 0.293. The van der Waals surface area contributed by atoms with Gasteiger partial charge in [-0.2, -0.15) is 0 Å². The summed E-state index contributed by atoms with van der Waals surface area (Å²) in [6, 6.07) is 0. The highest BCUT2D eigenvalue weighted by Gasteiger charge is 2.38. The van der Waals surface area contributed by atoms with Gasteiger partial charge in [0.1, 0.15) is 0 Å². The Bertz CT molecular complexity index is 541. The van der Waals surface area contributed by atoms with Crippen molar-refractivity contribution >= 4 is 15.5 Å². The van der Waals surface area contributed by atoms with Crippen molar-refractivity contribution in [3.05, 3.63) is 0 Å². The predicted molar refractivity (Wildman–Crippen MR) is 176 cm³/mol. The van der Waals surface area contributed by atoms with Crippen LogP contribution in [-0.4, -0.2) is 26.4 Å². The molecule has 1 N–H and O–H groups in total. The van der Waals surface area contributed by atoms with Gasteiger partial charge in [-0.1, -0.05) is 156 Å². The number of rotatable bonds is 34. The quantitative estimate of drug-likeness (QED) is 0.0562. The molecule has 0 heterocycles. The fourth-order valence-corrected chi connectivity index (χ4v) is 8.36. The lowest BCUT2D eigenvalue weighted by atomic mass is 10.1. The Balaban J connectivity index is 5.08. The minimum Gasteiger partial charge on any atom is -0.296 e. The van der Waals surface area contributed by atoms with Crippen LogP contribution in [0.4, 0.5) is 0 Å². The van der Waals surface area contributed by atoms with E-state index in [1.54, 1.807) is 0 Å². The Morgan fingerprint density at radius 2 is 0.537 bits per heavy atom. The van der Waals surface area contributed by atoms with E-state index >= 15 is 0 Å². The average molecular weight is 626 g/mol. The number of hydrogen-bond acceptors (Lipinski definition) is 6. The first-order valence-electron chi connectivity index (χ1n) is 17.5. The molecule has 0 aliphatic heterocycles. The van der Waals surface area contributed by atoms with Crippen LogP contribution in [0.25, 0.3) is 0 Å². The minimum atomic E-state index is -3.87. The van der Waals surface area contributed by atoms with E-state index in [-0.39, 0.29) is 0 Å². The zero-order valence-electron chi connectivity index (χ0n) is 27.6. The monoisotopic (exact) mass is 625 g/mol. The van der Waals surface area contributed by atoms with Crippen LogP contribution in [0.15, 0.2) is 0 Å². The third-order valence-corrected chi connectivity index (χ3v) is 11.3. The first-order valence-corrected chi connectivity index (χ1v) is 20.6. The molecule has 0 aromatic rings. The molecule has 0 rings (SSSR count). The molecule has 0 saturated heterocycles. The average Bonchev–Trinajstić information content (AvgIpc) is 2.95. The van der Waals surface area contributed by atoms with Crippen LogP contribution in [-0.2, 0) is 27.2 Å². The van der Waals surface area contributed by atoms with E-state index in [0.717, 1.165) is 77.0 Å². The maximum Gasteiger partial charge on any atom is 0.414 e. The van der Waals surface area contributed by atoms with Crippen molar-refractivity contribution in [3.8, 4) is 0 Å². The Labute approximate surface area is 255 Å². The molecule has 0 atom stereocenters. The van der Waals surface area contributed by atoms with Gasteiger partial charge in [0.05, 0.1) is 26.4 Å². The first kappa shape index (κ1) is 41.3. The molecule has 0 bridgehead atoms. The molecule has 0 aliphatic carbocycles. The third kappa shape index (κ3) is 27.5. The summed E-state index contributed by atoms with van der Waals surface area (Å²) in [5.74, 6) is 0. The Morgan fingerprint density at radius 1 is 0.341 bits per heavy atom. The summed E-state index contributed by atoms with van der Waals surface area (Å²) in [5.41, 5.74) is 0. The zero-order valence-corrected chi connectivity index (χ0v) is 29.4. The van der Waals surface area contributed by atoms with Crippen molar-refractivity contribution in [2.75, 3.05) is 26.4 Å². The van der Waals surface area contributed by atoms with Gasteiger partial charge < -0.3 is 0 Å². The van der Waals surface area contributed by atoms with Gasteiger partial charge in [-0.3, -0.25) is 18.1 Å². The summed E-state index contributed by atoms with van der Waals surface area (Å²) in [6.07, 6.45) is 26.3. The van der Waals surface area contributed by atoms with E-state index in [0.29, 0.717) is 26.4 Å². The van der Waals surface area contributed by atoms with Gasteiger partial charge in [-0.15, -0.1) is 4.86 Å². The lowest BCUT2D eigenvalue weighted by Crippen LogP contribution is -2.18. The fourth-order valence-electron chi connectivity index (χ4n) is 4.61. The van der Waals surface area contributed by atoms with Crippen LogP contribution in [0.1, 0.15) is 182 Å². The van der Waals surface area contributed by atoms with Crippen LogP contribution in [0.3, 0.4) is 0 Å². The van der Waals surface area contributed by atoms with Gasteiger partial charge in [-0.25, -0.2) is 9.13 Å². The van der Waals surface area contributed by atoms with Gasteiger partial charge in [0.25, 0.3) is 0 Å². The standard InChI is InChI=1S/C32H69NO6P2/c1-5-9-13-17-21-25-29-36-40(34,37-30-26-22-18-14-10-6-2)33-41(35,38-31-27-23-19-15-11-7-3)39-32-28-24-20-16-12-8-4/h5-32H2,1-4H3,(H,33,34,35). The molecule has 0 radical (unpaired) electrons. The molecule has 0 spiro atoms. The highest BCUT2D eigenvalue weighted by Crippen LogP contribution is 2.58. The number of hydrogen-bond donors (Lipinski definition) is 1. The predicted octanol–water partition coefficient (Wildman–Crippen LogP) is 12.3. The maximum atomic E-state index is 13.8. The third-order valence-electron chi connectivity index (χ3n) is 7.28. The SMILES string of the molecule is CCCCCCCCOP(=O)(NP(=O)(OCCCCCCCC)OCCCCCCCC)OCCCCCCCC. The van der Waals surface area contributed by atoms with Crippen LogP contribution in [0.5, 0.6) is 0 Å². The lowest BCUT2D eigenvalue weighted by Gasteiger charge is -2.25. The highest BCUT2D eigenvalue weighted by atomic mass is 31.3. The van der Waals surface area contributed by atoms with E-state index in [1.165, 1.54) is 77.0 Å². The van der Waals surface area contributed by atoms with Gasteiger partial charge >= 0.3 is 15.5 Å². The normalized spacial score (nSPS) is 12.4. The van der Waals surface area contributed by atoms with Crippen LogP contribution in [0, 0.1) is 0 Å². The van der Waals surface area contributed by atoms with E-state index in [9.17, 15) is 9.13 Å². The molecule has 0 aromatic carbocycles. The van der Waals surface area contributed by atoms with Crippen LogP contribution >= 0.6 is 15.5 Å². The van der Waals surface area contributed by atoms with Crippen molar-refractivity contribution in [1.29, 1.82) is 0 Å². The largest absolute Gasteiger partial charge is 0.414 e. The van der Waals surface area contributed by atoms with Gasteiger partial charge in [-0.05, 0) is 25.7 Å². The van der Waals surface area contributed by atoms with E-state index in [1.807, 2.05) is 0 Å². The zero-order chi connectivity index (χ0) is 30.3. The van der Waals surface area contributed by atoms with Crippen molar-refractivity contribution in [2.45, 2.75) is 182 Å². The molecule has 0 amide bonds. The molecule has 0 fully saturated rings. The Kier molecular flexibility index (Phi) is 30.5. The molecular weight excluding hydrogens is 556 g/mol. The topological polar surface area (TPSA) is 83.1 Å². The van der Waals surface area contributed by atoms with Gasteiger partial charge in [0, 0.05) is 0 Å². The second-order valence-electron chi connectivity index (χ2n) is 11.5. The van der Waals surface area contributed by atoms with Crippen molar-refractivity contribution in [1.82, 2.24) is 4.86 Å². The fraction of sp³-hybridized carbons (Fsp3) is 1.00. The summed E-state index contributed by atoms with van der Waals surface area (Å²) in [5, 5.41) is 0. The summed E-state index contributed by atoms with van der Waals surface area (Å²) >= 11 is 0. The Morgan fingerprint density at radius 3 is 0.756 bits per heavy atom. The molecule has 41 heavy (non-hydrogen) atoms. The first-order chi connectivity index (χ1) is 19.9. The smallest absolute Gasteiger partial charge is 0.296 e. The molecule has 9 heteroatoms. The van der Waals surface area contributed by atoms with Crippen LogP contribution < -0.4 is 4.86 Å². The second kappa shape index (κ2) is 30.3. The van der Waals surface area contributed by atoms with E-state index in [4.69, 9.17) is 18.1 Å². The van der Waals surface area contributed by atoms with E-state index in [2.05, 4.69) is 32.6 Å². The lowest BCUT2D eigenvalue weighted by molar-refractivity contribution is 0.173. The molecule has 0 aliphatic rings. The Hall–Kier alpha value is 0.260. The van der Waals surface area contributed by atoms with Crippen LogP contribution in [0.2, 0.25) is 0 Å². The summed E-state index contributed by atoms with van der Waals surface area (Å²) < 4.78 is 50.9. The molecule has 7 nitrogen and oxygen atoms in total. The molecule has 0 aromatic heterocycles. The van der Waals surface area contributed by atoms with Crippen molar-refractivity contribution < 1.29 is 27.2 Å². The highest BCUT2D eigenvalue weighted by molar-refractivity contribution is 7.67. The summed E-state index contributed by atoms with van der Waals surface area (Å²) in [6.45, 7) is 9.98. The summed E-state index contributed by atoms with van der Waals surface area (Å²) in [4.78, 5) is 2.67. The maximum absolute atomic E-state index is 13.8. The van der Waals surface area contributed by atoms with Gasteiger partial charge in [0.15, 0.2) is 0 Å². The number of nitrogens with one attached hydrogen (secondary N) is 1. The molecule has 0 saturated carbocycles. The van der Waals surface area contributed by atoms with Crippen molar-refractivity contribution in [3.63, 3.8) is 0 Å². The van der Waals surface area contributed by atoms with Gasteiger partial charge in [0.2, 0.25) is 0 Å². The summed E-state index contributed by atoms with van der Waals surface area (Å²) in [7, 11) is -7.73. The second-order valence-corrected chi connectivity index (χ2v) is 15.3. The molecule has 0 unspecified atom stereocenters. The van der Waals surface area contributed by atoms with Crippen molar-refractivity contribution in [2.24, 2.45) is 0 Å². The molecular formula is C32H69NO6P2.